The Kier molecular flexibility index (Phi) is 6.08. The van der Waals surface area contributed by atoms with Crippen molar-refractivity contribution >= 4 is 11.8 Å². The molecule has 0 spiro atoms. The number of nitrogens with one attached hydrogen (secondary N) is 1. The summed E-state index contributed by atoms with van der Waals surface area (Å²) in [6, 6.07) is 10.0. The average molecular weight is 287 g/mol. The Morgan fingerprint density at radius 1 is 1.30 bits per heavy atom. The molecule has 104 valence electrons. The van der Waals surface area contributed by atoms with Gasteiger partial charge in [0.25, 0.3) is 0 Å². The molecule has 0 atom stereocenters. The third-order valence-electron chi connectivity index (χ3n) is 2.53. The van der Waals surface area contributed by atoms with E-state index in [2.05, 4.69) is 32.7 Å². The summed E-state index contributed by atoms with van der Waals surface area (Å²) in [5.74, 6) is 7.22. The third-order valence-corrected chi connectivity index (χ3v) is 3.63. The minimum absolute atomic E-state index is 0.713. The Balaban J connectivity index is 1.54. The first-order chi connectivity index (χ1) is 9.86. The Hall–Kier alpha value is -1.84. The smallest absolute Gasteiger partial charge is 0.209 e. The maximum atomic E-state index is 3.92. The molecule has 0 unspecified atom stereocenters. The Labute approximate surface area is 123 Å². The molecule has 1 aromatic carbocycles. The van der Waals surface area contributed by atoms with Gasteiger partial charge in [-0.05, 0) is 35.5 Å². The zero-order valence-electron chi connectivity index (χ0n) is 11.4. The normalized spacial score (nSPS) is 10.1. The quantitative estimate of drug-likeness (QED) is 0.493. The highest BCUT2D eigenvalue weighted by Gasteiger charge is 2.01. The lowest BCUT2D eigenvalue weighted by Crippen LogP contribution is -2.15. The van der Waals surface area contributed by atoms with Crippen LogP contribution in [0.3, 0.4) is 0 Å². The van der Waals surface area contributed by atoms with Gasteiger partial charge in [0.15, 0.2) is 0 Å². The molecule has 0 fully saturated rings. The van der Waals surface area contributed by atoms with Crippen LogP contribution in [-0.4, -0.2) is 39.0 Å². The Morgan fingerprint density at radius 2 is 2.15 bits per heavy atom. The summed E-state index contributed by atoms with van der Waals surface area (Å²) >= 11 is 1.67. The monoisotopic (exact) mass is 287 g/mol. The summed E-state index contributed by atoms with van der Waals surface area (Å²) in [6.07, 6.45) is 1.06. The van der Waals surface area contributed by atoms with Crippen LogP contribution in [0.4, 0.5) is 0 Å². The molecule has 5 nitrogen and oxygen atoms in total. The van der Waals surface area contributed by atoms with Crippen molar-refractivity contribution in [3.05, 3.63) is 35.9 Å². The maximum absolute atomic E-state index is 3.92. The number of hydrogen-bond donors (Lipinski definition) is 1. The van der Waals surface area contributed by atoms with Gasteiger partial charge in [0.05, 0.1) is 6.54 Å². The highest BCUT2D eigenvalue weighted by molar-refractivity contribution is 7.99. The van der Waals surface area contributed by atoms with Gasteiger partial charge in [-0.15, -0.1) is 5.10 Å². The fraction of sp³-hybridized carbons (Fsp3) is 0.357. The second kappa shape index (κ2) is 8.35. The fourth-order valence-electron chi connectivity index (χ4n) is 1.52. The first-order valence-electron chi connectivity index (χ1n) is 6.46. The summed E-state index contributed by atoms with van der Waals surface area (Å²) in [5.41, 5.74) is 1.06. The Morgan fingerprint density at radius 3 is 2.90 bits per heavy atom. The van der Waals surface area contributed by atoms with Crippen LogP contribution in [0.5, 0.6) is 0 Å². The molecule has 0 saturated heterocycles. The number of aryl methyl sites for hydroxylation is 1. The van der Waals surface area contributed by atoms with E-state index in [0.29, 0.717) is 6.54 Å². The topological polar surface area (TPSA) is 55.6 Å². The van der Waals surface area contributed by atoms with Crippen molar-refractivity contribution in [1.29, 1.82) is 0 Å². The molecule has 0 amide bonds. The van der Waals surface area contributed by atoms with E-state index in [0.717, 1.165) is 29.4 Å². The number of rotatable bonds is 6. The van der Waals surface area contributed by atoms with E-state index in [4.69, 9.17) is 0 Å². The van der Waals surface area contributed by atoms with E-state index in [1.165, 1.54) is 0 Å². The van der Waals surface area contributed by atoms with Crippen molar-refractivity contribution in [2.45, 2.75) is 11.6 Å². The number of benzene rings is 1. The predicted octanol–water partition coefficient (Wildman–Crippen LogP) is 1.33. The van der Waals surface area contributed by atoms with Crippen molar-refractivity contribution < 1.29 is 0 Å². The summed E-state index contributed by atoms with van der Waals surface area (Å²) in [7, 11) is 1.85. The SMILES string of the molecule is Cn1nnnc1SCCCNCC#Cc1ccccc1. The number of thioether (sulfide) groups is 1. The van der Waals surface area contributed by atoms with Gasteiger partial charge >= 0.3 is 0 Å². The van der Waals surface area contributed by atoms with E-state index >= 15 is 0 Å². The van der Waals surface area contributed by atoms with Gasteiger partial charge in [0.1, 0.15) is 0 Å². The molecule has 2 rings (SSSR count). The molecule has 0 saturated carbocycles. The average Bonchev–Trinajstić information content (AvgIpc) is 2.88. The van der Waals surface area contributed by atoms with Crippen molar-refractivity contribution in [2.75, 3.05) is 18.8 Å². The zero-order chi connectivity index (χ0) is 14.0. The molecule has 1 heterocycles. The van der Waals surface area contributed by atoms with Crippen LogP contribution in [-0.2, 0) is 7.05 Å². The number of aromatic nitrogens is 4. The lowest BCUT2D eigenvalue weighted by molar-refractivity contribution is 0.663. The molecule has 0 aliphatic heterocycles. The molecular weight excluding hydrogens is 270 g/mol. The van der Waals surface area contributed by atoms with Crippen molar-refractivity contribution in [3.63, 3.8) is 0 Å². The van der Waals surface area contributed by atoms with Gasteiger partial charge < -0.3 is 5.32 Å². The number of nitrogens with zero attached hydrogens (tertiary/aromatic N) is 4. The molecule has 2 aromatic rings. The van der Waals surface area contributed by atoms with E-state index in [-0.39, 0.29) is 0 Å². The summed E-state index contributed by atoms with van der Waals surface area (Å²) in [5, 5.41) is 15.5. The van der Waals surface area contributed by atoms with Crippen molar-refractivity contribution in [1.82, 2.24) is 25.5 Å². The molecule has 1 N–H and O–H groups in total. The van der Waals surface area contributed by atoms with Gasteiger partial charge in [0.2, 0.25) is 5.16 Å². The van der Waals surface area contributed by atoms with E-state index in [9.17, 15) is 0 Å². The molecule has 0 aliphatic rings. The largest absolute Gasteiger partial charge is 0.306 e. The minimum Gasteiger partial charge on any atom is -0.306 e. The van der Waals surface area contributed by atoms with Crippen LogP contribution in [0.2, 0.25) is 0 Å². The predicted molar refractivity (Wildman–Crippen MR) is 80.3 cm³/mol. The van der Waals surface area contributed by atoms with E-state index in [1.807, 2.05) is 37.4 Å². The first kappa shape index (κ1) is 14.6. The van der Waals surface area contributed by atoms with E-state index in [1.54, 1.807) is 16.4 Å². The summed E-state index contributed by atoms with van der Waals surface area (Å²) in [4.78, 5) is 0. The molecule has 0 bridgehead atoms. The molecular formula is C14H17N5S. The van der Waals surface area contributed by atoms with Crippen molar-refractivity contribution in [3.8, 4) is 11.8 Å². The standard InChI is InChI=1S/C14H17N5S/c1-19-14(16-17-18-19)20-12-6-11-15-10-5-9-13-7-3-2-4-8-13/h2-4,7-8,15H,6,10-12H2,1H3. The molecule has 20 heavy (non-hydrogen) atoms. The minimum atomic E-state index is 0.713. The molecule has 6 heteroatoms. The Bertz CT molecular complexity index is 570. The summed E-state index contributed by atoms with van der Waals surface area (Å²) in [6.45, 7) is 1.66. The van der Waals surface area contributed by atoms with Crippen LogP contribution in [0, 0.1) is 11.8 Å². The number of hydrogen-bond acceptors (Lipinski definition) is 5. The number of tetrazole rings is 1. The van der Waals surface area contributed by atoms with E-state index < -0.39 is 0 Å². The van der Waals surface area contributed by atoms with Gasteiger partial charge in [-0.2, -0.15) is 0 Å². The third kappa shape index (κ3) is 5.03. The van der Waals surface area contributed by atoms with Gasteiger partial charge in [0, 0.05) is 18.4 Å². The van der Waals surface area contributed by atoms with Crippen LogP contribution in [0.25, 0.3) is 0 Å². The molecule has 0 radical (unpaired) electrons. The van der Waals surface area contributed by atoms with Crippen LogP contribution >= 0.6 is 11.8 Å². The van der Waals surface area contributed by atoms with Gasteiger partial charge in [-0.25, -0.2) is 4.68 Å². The first-order valence-corrected chi connectivity index (χ1v) is 7.44. The highest BCUT2D eigenvalue weighted by Crippen LogP contribution is 2.12. The van der Waals surface area contributed by atoms with Crippen LogP contribution in [0.15, 0.2) is 35.5 Å². The lowest BCUT2D eigenvalue weighted by Gasteiger charge is -2.00. The van der Waals surface area contributed by atoms with Crippen LogP contribution < -0.4 is 5.32 Å². The lowest BCUT2D eigenvalue weighted by atomic mass is 10.2. The summed E-state index contributed by atoms with van der Waals surface area (Å²) < 4.78 is 1.68. The molecule has 1 aromatic heterocycles. The van der Waals surface area contributed by atoms with Crippen LogP contribution in [0.1, 0.15) is 12.0 Å². The fourth-order valence-corrected chi connectivity index (χ4v) is 2.31. The van der Waals surface area contributed by atoms with Gasteiger partial charge in [-0.1, -0.05) is 41.8 Å². The molecule has 0 aliphatic carbocycles. The second-order valence-electron chi connectivity index (χ2n) is 4.13. The highest BCUT2D eigenvalue weighted by atomic mass is 32.2. The van der Waals surface area contributed by atoms with Crippen molar-refractivity contribution in [2.24, 2.45) is 7.05 Å². The second-order valence-corrected chi connectivity index (χ2v) is 5.19. The zero-order valence-corrected chi connectivity index (χ0v) is 12.2. The van der Waals surface area contributed by atoms with Gasteiger partial charge in [-0.3, -0.25) is 0 Å². The maximum Gasteiger partial charge on any atom is 0.209 e.